The first-order valence-electron chi connectivity index (χ1n) is 6.97. The van der Waals surface area contributed by atoms with E-state index in [-0.39, 0.29) is 5.41 Å². The van der Waals surface area contributed by atoms with Crippen LogP contribution in [0.2, 0.25) is 0 Å². The van der Waals surface area contributed by atoms with Gasteiger partial charge in [0.2, 0.25) is 0 Å². The van der Waals surface area contributed by atoms with Gasteiger partial charge in [0.1, 0.15) is 5.75 Å². The van der Waals surface area contributed by atoms with Gasteiger partial charge < -0.3 is 10.1 Å². The number of benzene rings is 1. The Morgan fingerprint density at radius 1 is 1.33 bits per heavy atom. The van der Waals surface area contributed by atoms with E-state index in [0.717, 1.165) is 24.8 Å². The number of hydrogen-bond acceptors (Lipinski definition) is 2. The molecule has 2 heteroatoms. The zero-order valence-corrected chi connectivity index (χ0v) is 12.0. The lowest BCUT2D eigenvalue weighted by Gasteiger charge is -2.28. The summed E-state index contributed by atoms with van der Waals surface area (Å²) < 4.78 is 5.53. The quantitative estimate of drug-likeness (QED) is 0.833. The SMILES string of the molecule is CCc1ccc(OC)c(C(C)(C)CNC2CC2)c1. The first-order valence-corrected chi connectivity index (χ1v) is 6.97. The molecule has 0 bridgehead atoms. The van der Waals surface area contributed by atoms with Crippen LogP contribution in [-0.4, -0.2) is 19.7 Å². The van der Waals surface area contributed by atoms with Gasteiger partial charge in [0.25, 0.3) is 0 Å². The molecule has 1 saturated carbocycles. The number of methoxy groups -OCH3 is 1. The van der Waals surface area contributed by atoms with Crippen molar-refractivity contribution in [3.63, 3.8) is 0 Å². The molecule has 0 atom stereocenters. The Labute approximate surface area is 111 Å². The molecule has 0 spiro atoms. The molecule has 0 radical (unpaired) electrons. The van der Waals surface area contributed by atoms with Gasteiger partial charge in [0.05, 0.1) is 7.11 Å². The monoisotopic (exact) mass is 247 g/mol. The third-order valence-corrected chi connectivity index (χ3v) is 3.81. The predicted molar refractivity (Wildman–Crippen MR) is 76.4 cm³/mol. The highest BCUT2D eigenvalue weighted by Crippen LogP contribution is 2.33. The largest absolute Gasteiger partial charge is 0.496 e. The van der Waals surface area contributed by atoms with E-state index in [1.165, 1.54) is 24.0 Å². The Morgan fingerprint density at radius 3 is 2.61 bits per heavy atom. The lowest BCUT2D eigenvalue weighted by molar-refractivity contribution is 0.385. The summed E-state index contributed by atoms with van der Waals surface area (Å²) in [6, 6.07) is 7.32. The van der Waals surface area contributed by atoms with Gasteiger partial charge >= 0.3 is 0 Å². The number of aryl methyl sites for hydroxylation is 1. The van der Waals surface area contributed by atoms with E-state index < -0.39 is 0 Å². The van der Waals surface area contributed by atoms with Crippen molar-refractivity contribution in [3.8, 4) is 5.75 Å². The van der Waals surface area contributed by atoms with Crippen molar-refractivity contribution in [2.24, 2.45) is 0 Å². The summed E-state index contributed by atoms with van der Waals surface area (Å²) in [4.78, 5) is 0. The van der Waals surface area contributed by atoms with Crippen LogP contribution in [0.25, 0.3) is 0 Å². The second-order valence-electron chi connectivity index (χ2n) is 5.93. The third-order valence-electron chi connectivity index (χ3n) is 3.81. The molecule has 100 valence electrons. The van der Waals surface area contributed by atoms with Crippen LogP contribution in [0.4, 0.5) is 0 Å². The van der Waals surface area contributed by atoms with Crippen molar-refractivity contribution in [3.05, 3.63) is 29.3 Å². The van der Waals surface area contributed by atoms with Gasteiger partial charge in [-0.25, -0.2) is 0 Å². The van der Waals surface area contributed by atoms with E-state index in [2.05, 4.69) is 44.3 Å². The van der Waals surface area contributed by atoms with Crippen LogP contribution < -0.4 is 10.1 Å². The summed E-state index contributed by atoms with van der Waals surface area (Å²) in [5.74, 6) is 1.01. The Balaban J connectivity index is 2.21. The maximum absolute atomic E-state index is 5.53. The summed E-state index contributed by atoms with van der Waals surface area (Å²) >= 11 is 0. The summed E-state index contributed by atoms with van der Waals surface area (Å²) in [7, 11) is 1.76. The standard InChI is InChI=1S/C16H25NO/c1-5-12-6-9-15(18-4)14(10-12)16(2,3)11-17-13-7-8-13/h6,9-10,13,17H,5,7-8,11H2,1-4H3. The van der Waals surface area contributed by atoms with Gasteiger partial charge in [0.15, 0.2) is 0 Å². The second kappa shape index (κ2) is 5.31. The minimum Gasteiger partial charge on any atom is -0.496 e. The van der Waals surface area contributed by atoms with Crippen LogP contribution in [0.15, 0.2) is 18.2 Å². The predicted octanol–water partition coefficient (Wildman–Crippen LogP) is 3.29. The van der Waals surface area contributed by atoms with Crippen LogP contribution in [0, 0.1) is 0 Å². The number of ether oxygens (including phenoxy) is 1. The molecule has 0 saturated heterocycles. The van der Waals surface area contributed by atoms with Crippen molar-refractivity contribution < 1.29 is 4.74 Å². The van der Waals surface area contributed by atoms with Crippen LogP contribution in [0.3, 0.4) is 0 Å². The zero-order valence-electron chi connectivity index (χ0n) is 12.0. The fraction of sp³-hybridized carbons (Fsp3) is 0.625. The maximum atomic E-state index is 5.53. The Kier molecular flexibility index (Phi) is 3.96. The second-order valence-corrected chi connectivity index (χ2v) is 5.93. The minimum atomic E-state index is 0.110. The fourth-order valence-corrected chi connectivity index (χ4v) is 2.29. The van der Waals surface area contributed by atoms with Gasteiger partial charge in [-0.3, -0.25) is 0 Å². The Hall–Kier alpha value is -1.02. The first-order chi connectivity index (χ1) is 8.56. The molecule has 1 fully saturated rings. The molecule has 0 amide bonds. The summed E-state index contributed by atoms with van der Waals surface area (Å²) in [6.07, 6.45) is 3.74. The van der Waals surface area contributed by atoms with E-state index in [4.69, 9.17) is 4.74 Å². The lowest BCUT2D eigenvalue weighted by atomic mass is 9.82. The summed E-state index contributed by atoms with van der Waals surface area (Å²) in [5.41, 5.74) is 2.81. The molecule has 2 rings (SSSR count). The van der Waals surface area contributed by atoms with Crippen molar-refractivity contribution in [1.82, 2.24) is 5.32 Å². The molecular weight excluding hydrogens is 222 g/mol. The topological polar surface area (TPSA) is 21.3 Å². The van der Waals surface area contributed by atoms with Crippen LogP contribution in [-0.2, 0) is 11.8 Å². The summed E-state index contributed by atoms with van der Waals surface area (Å²) in [6.45, 7) is 7.79. The number of nitrogens with one attached hydrogen (secondary N) is 1. The average molecular weight is 247 g/mol. The van der Waals surface area contributed by atoms with Crippen LogP contribution in [0.5, 0.6) is 5.75 Å². The highest BCUT2D eigenvalue weighted by molar-refractivity contribution is 5.42. The Bertz CT molecular complexity index is 408. The molecule has 1 aliphatic rings. The van der Waals surface area contributed by atoms with Crippen molar-refractivity contribution in [1.29, 1.82) is 0 Å². The fourth-order valence-electron chi connectivity index (χ4n) is 2.29. The molecule has 2 nitrogen and oxygen atoms in total. The zero-order chi connectivity index (χ0) is 13.2. The third kappa shape index (κ3) is 3.05. The highest BCUT2D eigenvalue weighted by Gasteiger charge is 2.28. The highest BCUT2D eigenvalue weighted by atomic mass is 16.5. The molecule has 0 unspecified atom stereocenters. The molecule has 0 aromatic heterocycles. The number of hydrogen-bond donors (Lipinski definition) is 1. The van der Waals surface area contributed by atoms with E-state index in [9.17, 15) is 0 Å². The van der Waals surface area contributed by atoms with E-state index in [1.54, 1.807) is 7.11 Å². The lowest BCUT2D eigenvalue weighted by Crippen LogP contribution is -2.34. The van der Waals surface area contributed by atoms with E-state index in [0.29, 0.717) is 0 Å². The molecule has 1 aliphatic carbocycles. The first kappa shape index (κ1) is 13.4. The smallest absolute Gasteiger partial charge is 0.122 e. The van der Waals surface area contributed by atoms with Crippen molar-refractivity contribution >= 4 is 0 Å². The summed E-state index contributed by atoms with van der Waals surface area (Å²) in [5, 5.41) is 3.63. The van der Waals surface area contributed by atoms with Gasteiger partial charge in [0, 0.05) is 23.6 Å². The van der Waals surface area contributed by atoms with E-state index >= 15 is 0 Å². The normalized spacial score (nSPS) is 15.8. The molecule has 0 heterocycles. The van der Waals surface area contributed by atoms with Gasteiger partial charge in [-0.1, -0.05) is 32.9 Å². The van der Waals surface area contributed by atoms with Crippen molar-refractivity contribution in [2.45, 2.75) is 51.5 Å². The van der Waals surface area contributed by atoms with Gasteiger partial charge in [-0.05, 0) is 30.9 Å². The van der Waals surface area contributed by atoms with Crippen molar-refractivity contribution in [2.75, 3.05) is 13.7 Å². The molecule has 1 aromatic rings. The van der Waals surface area contributed by atoms with E-state index in [1.807, 2.05) is 0 Å². The maximum Gasteiger partial charge on any atom is 0.122 e. The molecule has 18 heavy (non-hydrogen) atoms. The Morgan fingerprint density at radius 2 is 2.06 bits per heavy atom. The molecule has 1 aromatic carbocycles. The average Bonchev–Trinajstić information content (AvgIpc) is 3.19. The van der Waals surface area contributed by atoms with Gasteiger partial charge in [-0.15, -0.1) is 0 Å². The molecule has 0 aliphatic heterocycles. The van der Waals surface area contributed by atoms with Gasteiger partial charge in [-0.2, -0.15) is 0 Å². The van der Waals surface area contributed by atoms with Crippen LogP contribution >= 0.6 is 0 Å². The number of rotatable bonds is 6. The molecule has 1 N–H and O–H groups in total. The molecular formula is C16H25NO. The minimum absolute atomic E-state index is 0.110. The van der Waals surface area contributed by atoms with Crippen LogP contribution in [0.1, 0.15) is 44.7 Å².